The Bertz CT molecular complexity index is 498. The van der Waals surface area contributed by atoms with Gasteiger partial charge in [-0.1, -0.05) is 17.7 Å². The lowest BCUT2D eigenvalue weighted by molar-refractivity contribution is -0.0818. The van der Waals surface area contributed by atoms with Crippen LogP contribution in [-0.4, -0.2) is 58.0 Å². The molecule has 120 valence electrons. The second-order valence-electron chi connectivity index (χ2n) is 4.23. The van der Waals surface area contributed by atoms with E-state index in [0.29, 0.717) is 0 Å². The van der Waals surface area contributed by atoms with E-state index in [1.807, 2.05) is 6.92 Å². The largest absolute Gasteiger partial charge is 0.394 e. The second kappa shape index (κ2) is 9.08. The van der Waals surface area contributed by atoms with Crippen molar-refractivity contribution in [2.24, 2.45) is 0 Å². The Balaban J connectivity index is 2.36. The molecule has 0 saturated heterocycles. The number of rotatable bonds is 10. The number of aryl methyl sites for hydroxylation is 1. The minimum absolute atomic E-state index is 0.0292. The predicted molar refractivity (Wildman–Crippen MR) is 74.2 cm³/mol. The zero-order chi connectivity index (χ0) is 15.7. The van der Waals surface area contributed by atoms with Crippen LogP contribution in [0.4, 0.5) is 0 Å². The number of benzene rings is 1. The highest BCUT2D eigenvalue weighted by Gasteiger charge is 2.20. The van der Waals surface area contributed by atoms with Crippen molar-refractivity contribution in [3.63, 3.8) is 0 Å². The van der Waals surface area contributed by atoms with Crippen LogP contribution in [0.1, 0.15) is 5.56 Å². The fourth-order valence-electron chi connectivity index (χ4n) is 1.40. The normalized spacial score (nSPS) is 13.3. The Morgan fingerprint density at radius 3 is 2.33 bits per heavy atom. The smallest absolute Gasteiger partial charge is 0.299 e. The van der Waals surface area contributed by atoms with Crippen molar-refractivity contribution in [3.05, 3.63) is 29.8 Å². The van der Waals surface area contributed by atoms with Gasteiger partial charge in [0.05, 0.1) is 37.9 Å². The third kappa shape index (κ3) is 6.98. The lowest BCUT2D eigenvalue weighted by atomic mass is 10.2. The zero-order valence-electron chi connectivity index (χ0n) is 11.8. The molecule has 0 amide bonds. The first kappa shape index (κ1) is 18.0. The first-order chi connectivity index (χ1) is 9.95. The van der Waals surface area contributed by atoms with Crippen molar-refractivity contribution in [3.8, 4) is 0 Å². The van der Waals surface area contributed by atoms with Gasteiger partial charge in [-0.2, -0.15) is 8.42 Å². The Labute approximate surface area is 124 Å². The van der Waals surface area contributed by atoms with E-state index in [0.717, 1.165) is 5.56 Å². The summed E-state index contributed by atoms with van der Waals surface area (Å²) in [5.74, 6) is 0. The van der Waals surface area contributed by atoms with Gasteiger partial charge < -0.3 is 19.7 Å². The highest BCUT2D eigenvalue weighted by molar-refractivity contribution is 7.86. The van der Waals surface area contributed by atoms with E-state index in [1.165, 1.54) is 12.1 Å². The van der Waals surface area contributed by atoms with E-state index in [4.69, 9.17) is 14.6 Å². The van der Waals surface area contributed by atoms with Gasteiger partial charge in [-0.25, -0.2) is 4.18 Å². The summed E-state index contributed by atoms with van der Waals surface area (Å²) in [6, 6.07) is 6.08. The molecule has 0 aliphatic heterocycles. The molecular weight excluding hydrogens is 300 g/mol. The summed E-state index contributed by atoms with van der Waals surface area (Å²) in [5.41, 5.74) is 0.917. The summed E-state index contributed by atoms with van der Waals surface area (Å²) in [6.07, 6.45) is -1.59. The average molecular weight is 320 g/mol. The molecule has 8 heteroatoms. The molecule has 0 radical (unpaired) electrons. The van der Waals surface area contributed by atoms with Crippen molar-refractivity contribution in [1.29, 1.82) is 0 Å². The summed E-state index contributed by atoms with van der Waals surface area (Å²) < 4.78 is 38.2. The van der Waals surface area contributed by atoms with Crippen LogP contribution >= 0.6 is 0 Å². The third-order valence-corrected chi connectivity index (χ3v) is 3.74. The Morgan fingerprint density at radius 1 is 1.10 bits per heavy atom. The van der Waals surface area contributed by atoms with Gasteiger partial charge in [0.15, 0.2) is 6.29 Å². The molecule has 21 heavy (non-hydrogen) atoms. The average Bonchev–Trinajstić information content (AvgIpc) is 2.42. The standard InChI is InChI=1S/C13H20O7S/c1-11-2-4-12(5-3-11)21(16,17)20-13(15)10-19-9-8-18-7-6-14/h2-5,13-15H,6-10H2,1H3. The Kier molecular flexibility index (Phi) is 7.79. The van der Waals surface area contributed by atoms with Gasteiger partial charge in [-0.15, -0.1) is 0 Å². The molecule has 1 rings (SSSR count). The number of hydrogen-bond donors (Lipinski definition) is 2. The Morgan fingerprint density at radius 2 is 1.71 bits per heavy atom. The molecule has 0 aliphatic carbocycles. The lowest BCUT2D eigenvalue weighted by Crippen LogP contribution is -2.24. The highest BCUT2D eigenvalue weighted by Crippen LogP contribution is 2.14. The molecule has 0 spiro atoms. The fraction of sp³-hybridized carbons (Fsp3) is 0.538. The first-order valence-electron chi connectivity index (χ1n) is 6.40. The topological polar surface area (TPSA) is 102 Å². The van der Waals surface area contributed by atoms with Crippen molar-refractivity contribution < 1.29 is 32.3 Å². The first-order valence-corrected chi connectivity index (χ1v) is 7.81. The van der Waals surface area contributed by atoms with E-state index >= 15 is 0 Å². The van der Waals surface area contributed by atoms with Crippen LogP contribution in [0.3, 0.4) is 0 Å². The lowest BCUT2D eigenvalue weighted by Gasteiger charge is -2.12. The van der Waals surface area contributed by atoms with E-state index in [1.54, 1.807) is 12.1 Å². The molecule has 7 nitrogen and oxygen atoms in total. The van der Waals surface area contributed by atoms with Crippen LogP contribution in [0.25, 0.3) is 0 Å². The number of hydrogen-bond acceptors (Lipinski definition) is 7. The maximum absolute atomic E-state index is 11.8. The van der Waals surface area contributed by atoms with Crippen LogP contribution in [0.5, 0.6) is 0 Å². The van der Waals surface area contributed by atoms with Crippen LogP contribution in [-0.2, 0) is 23.8 Å². The SMILES string of the molecule is Cc1ccc(S(=O)(=O)OC(O)COCCOCCO)cc1. The minimum Gasteiger partial charge on any atom is -0.394 e. The molecule has 0 bridgehead atoms. The maximum atomic E-state index is 11.8. The molecule has 2 N–H and O–H groups in total. The monoisotopic (exact) mass is 320 g/mol. The molecule has 1 aromatic carbocycles. The van der Waals surface area contributed by atoms with Crippen molar-refractivity contribution in [2.45, 2.75) is 18.1 Å². The van der Waals surface area contributed by atoms with Crippen molar-refractivity contribution in [1.82, 2.24) is 0 Å². The maximum Gasteiger partial charge on any atom is 0.299 e. The molecule has 1 atom stereocenters. The minimum atomic E-state index is -4.02. The Hall–Kier alpha value is -1.03. The number of ether oxygens (including phenoxy) is 2. The van der Waals surface area contributed by atoms with Crippen LogP contribution in [0.2, 0.25) is 0 Å². The summed E-state index contributed by atoms with van der Waals surface area (Å²) in [7, 11) is -4.02. The quantitative estimate of drug-likeness (QED) is 0.356. The number of aliphatic hydroxyl groups excluding tert-OH is 2. The summed E-state index contributed by atoms with van der Waals surface area (Å²) in [4.78, 5) is -0.0292. The van der Waals surface area contributed by atoms with Gasteiger partial charge in [0.2, 0.25) is 0 Å². The summed E-state index contributed by atoms with van der Waals surface area (Å²) in [5, 5.41) is 18.0. The van der Waals surface area contributed by atoms with E-state index in [2.05, 4.69) is 4.18 Å². The van der Waals surface area contributed by atoms with Gasteiger partial charge in [-0.05, 0) is 19.1 Å². The predicted octanol–water partition coefficient (Wildman–Crippen LogP) is 0.0442. The molecule has 1 aromatic rings. The molecule has 0 saturated carbocycles. The van der Waals surface area contributed by atoms with E-state index in [9.17, 15) is 13.5 Å². The van der Waals surface area contributed by atoms with Crippen LogP contribution in [0, 0.1) is 6.92 Å². The van der Waals surface area contributed by atoms with Crippen molar-refractivity contribution >= 4 is 10.1 Å². The van der Waals surface area contributed by atoms with Gasteiger partial charge in [-0.3, -0.25) is 0 Å². The third-order valence-electron chi connectivity index (χ3n) is 2.42. The molecule has 0 heterocycles. The molecule has 0 aliphatic rings. The molecular formula is C13H20O7S. The van der Waals surface area contributed by atoms with Crippen molar-refractivity contribution in [2.75, 3.05) is 33.0 Å². The summed E-state index contributed by atoms with van der Waals surface area (Å²) >= 11 is 0. The van der Waals surface area contributed by atoms with Crippen LogP contribution < -0.4 is 0 Å². The van der Waals surface area contributed by atoms with E-state index < -0.39 is 16.4 Å². The molecule has 0 fully saturated rings. The van der Waals surface area contributed by atoms with Gasteiger partial charge >= 0.3 is 0 Å². The molecule has 0 aromatic heterocycles. The van der Waals surface area contributed by atoms with E-state index in [-0.39, 0.29) is 37.9 Å². The van der Waals surface area contributed by atoms with Gasteiger partial charge in [0.1, 0.15) is 0 Å². The number of aliphatic hydroxyl groups is 2. The molecule has 1 unspecified atom stereocenters. The highest BCUT2D eigenvalue weighted by atomic mass is 32.2. The van der Waals surface area contributed by atoms with Crippen LogP contribution in [0.15, 0.2) is 29.2 Å². The van der Waals surface area contributed by atoms with Gasteiger partial charge in [0.25, 0.3) is 10.1 Å². The second-order valence-corrected chi connectivity index (χ2v) is 5.80. The summed E-state index contributed by atoms with van der Waals surface area (Å²) in [6.45, 7) is 2.04. The van der Waals surface area contributed by atoms with Gasteiger partial charge in [0, 0.05) is 0 Å². The fourth-order valence-corrected chi connectivity index (χ4v) is 2.33. The zero-order valence-corrected chi connectivity index (χ0v) is 12.6.